The number of nitrogen functional groups attached to an aromatic ring is 1. The van der Waals surface area contributed by atoms with E-state index >= 15 is 0 Å². The summed E-state index contributed by atoms with van der Waals surface area (Å²) in [5.74, 6) is 2.34. The predicted octanol–water partition coefficient (Wildman–Crippen LogP) is 2.28. The highest BCUT2D eigenvalue weighted by atomic mass is 16.5. The van der Waals surface area contributed by atoms with E-state index in [4.69, 9.17) is 15.2 Å². The number of benzene rings is 1. The Bertz CT molecular complexity index is 1230. The Morgan fingerprint density at radius 1 is 1.19 bits per heavy atom. The van der Waals surface area contributed by atoms with Crippen LogP contribution in [0.15, 0.2) is 41.5 Å². The molecule has 11 heteroatoms. The number of hydrogen-bond acceptors (Lipinski definition) is 9. The molecular weight excluding hydrogens is 458 g/mol. The van der Waals surface area contributed by atoms with Gasteiger partial charge in [-0.3, -0.25) is 4.90 Å². The zero-order chi connectivity index (χ0) is 24.9. The number of ether oxygens (including phenoxy) is 2. The highest BCUT2D eigenvalue weighted by molar-refractivity contribution is 5.72. The summed E-state index contributed by atoms with van der Waals surface area (Å²) in [5.41, 5.74) is 8.44. The highest BCUT2D eigenvalue weighted by Crippen LogP contribution is 2.24. The van der Waals surface area contributed by atoms with E-state index < -0.39 is 0 Å². The summed E-state index contributed by atoms with van der Waals surface area (Å²) in [6.45, 7) is 6.57. The Kier molecular flexibility index (Phi) is 7.17. The van der Waals surface area contributed by atoms with Crippen LogP contribution in [0.4, 0.5) is 17.3 Å². The lowest BCUT2D eigenvalue weighted by Crippen LogP contribution is -2.48. The van der Waals surface area contributed by atoms with Crippen LogP contribution in [0.2, 0.25) is 0 Å². The van der Waals surface area contributed by atoms with Gasteiger partial charge in [-0.1, -0.05) is 0 Å². The molecule has 11 nitrogen and oxygen atoms in total. The van der Waals surface area contributed by atoms with E-state index in [1.165, 1.54) is 10.2 Å². The SMILES string of the molecule is COc1ccc(N2CCN(CCN(C)C=Nc3cnc(N)n4nc(C5=CCCCO5)nc34)CC2)cc1. The number of nitrogens with zero attached hydrogens (tertiary/aromatic N) is 8. The molecular formula is C25H33N9O2. The number of aliphatic imine (C=N–C) groups is 1. The number of fused-ring (bicyclic) bond motifs is 1. The van der Waals surface area contributed by atoms with Crippen molar-refractivity contribution >= 4 is 35.1 Å². The molecule has 3 aromatic rings. The number of aromatic nitrogens is 4. The van der Waals surface area contributed by atoms with Crippen LogP contribution in [-0.4, -0.2) is 95.8 Å². The molecule has 0 atom stereocenters. The first-order valence-electron chi connectivity index (χ1n) is 12.3. The van der Waals surface area contributed by atoms with Crippen molar-refractivity contribution in [2.24, 2.45) is 4.99 Å². The van der Waals surface area contributed by atoms with Crippen molar-refractivity contribution < 1.29 is 9.47 Å². The van der Waals surface area contributed by atoms with Crippen molar-refractivity contribution in [2.75, 3.05) is 70.7 Å². The average Bonchev–Trinajstić information content (AvgIpc) is 3.39. The maximum atomic E-state index is 6.03. The smallest absolute Gasteiger partial charge is 0.223 e. The van der Waals surface area contributed by atoms with Gasteiger partial charge in [-0.05, 0) is 43.2 Å². The van der Waals surface area contributed by atoms with Gasteiger partial charge in [0.25, 0.3) is 0 Å². The third-order valence-corrected chi connectivity index (χ3v) is 6.50. The molecule has 1 saturated heterocycles. The number of hydrogen-bond donors (Lipinski definition) is 1. The minimum absolute atomic E-state index is 0.265. The zero-order valence-corrected chi connectivity index (χ0v) is 20.9. The second kappa shape index (κ2) is 10.8. The van der Waals surface area contributed by atoms with Crippen LogP contribution in [0.1, 0.15) is 18.7 Å². The second-order valence-corrected chi connectivity index (χ2v) is 8.98. The number of anilines is 2. The third kappa shape index (κ3) is 5.35. The highest BCUT2D eigenvalue weighted by Gasteiger charge is 2.18. The van der Waals surface area contributed by atoms with E-state index in [0.29, 0.717) is 29.5 Å². The lowest BCUT2D eigenvalue weighted by atomic mass is 10.2. The van der Waals surface area contributed by atoms with Crippen LogP contribution in [0, 0.1) is 0 Å². The van der Waals surface area contributed by atoms with Gasteiger partial charge in [0.15, 0.2) is 11.4 Å². The first-order valence-corrected chi connectivity index (χ1v) is 12.3. The fourth-order valence-corrected chi connectivity index (χ4v) is 4.33. The van der Waals surface area contributed by atoms with E-state index in [-0.39, 0.29) is 5.95 Å². The van der Waals surface area contributed by atoms with E-state index in [9.17, 15) is 0 Å². The molecule has 190 valence electrons. The second-order valence-electron chi connectivity index (χ2n) is 8.98. The van der Waals surface area contributed by atoms with Crippen LogP contribution < -0.4 is 15.4 Å². The summed E-state index contributed by atoms with van der Waals surface area (Å²) in [6, 6.07) is 8.28. The molecule has 2 aliphatic rings. The van der Waals surface area contributed by atoms with Gasteiger partial charge in [0.1, 0.15) is 11.4 Å². The summed E-state index contributed by atoms with van der Waals surface area (Å²) in [5, 5.41) is 4.48. The van der Waals surface area contributed by atoms with E-state index in [2.05, 4.69) is 46.9 Å². The van der Waals surface area contributed by atoms with Gasteiger partial charge in [-0.2, -0.15) is 4.52 Å². The maximum absolute atomic E-state index is 6.03. The van der Waals surface area contributed by atoms with Crippen LogP contribution >= 0.6 is 0 Å². The molecule has 36 heavy (non-hydrogen) atoms. The number of likely N-dealkylation sites (N-methyl/N-ethyl adjacent to an activating group) is 1. The van der Waals surface area contributed by atoms with Crippen LogP contribution in [0.25, 0.3) is 11.4 Å². The molecule has 1 fully saturated rings. The molecule has 0 saturated carbocycles. The molecule has 1 aromatic carbocycles. The largest absolute Gasteiger partial charge is 0.497 e. The predicted molar refractivity (Wildman–Crippen MR) is 141 cm³/mol. The first kappa shape index (κ1) is 23.9. The fourth-order valence-electron chi connectivity index (χ4n) is 4.33. The van der Waals surface area contributed by atoms with Gasteiger partial charge in [0.05, 0.1) is 26.3 Å². The quantitative estimate of drug-likeness (QED) is 0.375. The summed E-state index contributed by atoms with van der Waals surface area (Å²) < 4.78 is 12.5. The fraction of sp³-hybridized carbons (Fsp3) is 0.440. The van der Waals surface area contributed by atoms with E-state index in [0.717, 1.165) is 57.9 Å². The maximum Gasteiger partial charge on any atom is 0.223 e. The van der Waals surface area contributed by atoms with Gasteiger partial charge in [0, 0.05) is 52.0 Å². The lowest BCUT2D eigenvalue weighted by molar-refractivity contribution is 0.243. The van der Waals surface area contributed by atoms with Gasteiger partial charge >= 0.3 is 0 Å². The Labute approximate surface area is 210 Å². The Morgan fingerprint density at radius 3 is 2.72 bits per heavy atom. The molecule has 0 spiro atoms. The van der Waals surface area contributed by atoms with Crippen molar-refractivity contribution in [3.05, 3.63) is 42.4 Å². The van der Waals surface area contributed by atoms with E-state index in [1.807, 2.05) is 31.6 Å². The zero-order valence-electron chi connectivity index (χ0n) is 20.9. The minimum atomic E-state index is 0.265. The standard InChI is InChI=1S/C25H33N9O2/c1-31(10-11-32-12-14-33(15-13-32)19-6-8-20(35-2)9-7-19)18-28-21-17-27-25(26)34-24(21)29-23(30-34)22-5-3-4-16-36-22/h5-9,17-18H,3-4,10-16H2,1-2H3,(H2,26,27). The lowest BCUT2D eigenvalue weighted by Gasteiger charge is -2.36. The Hall–Kier alpha value is -3.86. The number of nitrogens with two attached hydrogens (primary N) is 1. The molecule has 2 N–H and O–H groups in total. The van der Waals surface area contributed by atoms with Crippen LogP contribution in [0.3, 0.4) is 0 Å². The molecule has 4 heterocycles. The van der Waals surface area contributed by atoms with Gasteiger partial charge < -0.3 is 25.0 Å². The normalized spacial score (nSPS) is 16.8. The summed E-state index contributed by atoms with van der Waals surface area (Å²) >= 11 is 0. The number of rotatable bonds is 8. The van der Waals surface area contributed by atoms with Crippen molar-refractivity contribution in [3.63, 3.8) is 0 Å². The minimum Gasteiger partial charge on any atom is -0.497 e. The molecule has 2 aliphatic heterocycles. The molecule has 0 unspecified atom stereocenters. The topological polar surface area (TPSA) is 110 Å². The average molecular weight is 492 g/mol. The first-order chi connectivity index (χ1) is 17.6. The molecule has 2 aromatic heterocycles. The van der Waals surface area contributed by atoms with Crippen molar-refractivity contribution in [1.82, 2.24) is 29.4 Å². The van der Waals surface area contributed by atoms with E-state index in [1.54, 1.807) is 13.3 Å². The van der Waals surface area contributed by atoms with Gasteiger partial charge in [0.2, 0.25) is 11.8 Å². The van der Waals surface area contributed by atoms with Crippen molar-refractivity contribution in [3.8, 4) is 5.75 Å². The monoisotopic (exact) mass is 491 g/mol. The van der Waals surface area contributed by atoms with Crippen molar-refractivity contribution in [1.29, 1.82) is 0 Å². The van der Waals surface area contributed by atoms with Crippen LogP contribution in [-0.2, 0) is 4.74 Å². The van der Waals surface area contributed by atoms with Crippen molar-refractivity contribution in [2.45, 2.75) is 12.8 Å². The van der Waals surface area contributed by atoms with Crippen LogP contribution in [0.5, 0.6) is 5.75 Å². The summed E-state index contributed by atoms with van der Waals surface area (Å²) in [6.07, 6.45) is 7.40. The van der Waals surface area contributed by atoms with Gasteiger partial charge in [-0.25, -0.2) is 15.0 Å². The summed E-state index contributed by atoms with van der Waals surface area (Å²) in [4.78, 5) is 20.5. The Morgan fingerprint density at radius 2 is 2.00 bits per heavy atom. The number of allylic oxidation sites excluding steroid dienone is 1. The molecule has 0 bridgehead atoms. The third-order valence-electron chi connectivity index (χ3n) is 6.50. The molecule has 0 aliphatic carbocycles. The molecule has 5 rings (SSSR count). The number of methoxy groups -OCH3 is 1. The molecule has 0 amide bonds. The molecule has 0 radical (unpaired) electrons. The van der Waals surface area contributed by atoms with Gasteiger partial charge in [-0.15, -0.1) is 5.10 Å². The number of piperazine rings is 1. The Balaban J connectivity index is 1.16. The summed E-state index contributed by atoms with van der Waals surface area (Å²) in [7, 11) is 3.72.